The van der Waals surface area contributed by atoms with E-state index < -0.39 is 0 Å². The van der Waals surface area contributed by atoms with Crippen LogP contribution >= 0.6 is 0 Å². The van der Waals surface area contributed by atoms with Crippen molar-refractivity contribution in [3.05, 3.63) is 5.82 Å². The highest BCUT2D eigenvalue weighted by atomic mass is 16.5. The normalized spacial score (nSPS) is 41.4. The predicted molar refractivity (Wildman–Crippen MR) is 64.4 cm³/mol. The largest absolute Gasteiger partial charge is 0.367 e. The zero-order valence-electron chi connectivity index (χ0n) is 10.5. The summed E-state index contributed by atoms with van der Waals surface area (Å²) < 4.78 is 11.0. The number of nitrogens with zero attached hydrogens (tertiary/aromatic N) is 2. The Bertz CT molecular complexity index is 422. The van der Waals surface area contributed by atoms with Gasteiger partial charge < -0.3 is 15.0 Å². The predicted octanol–water partition coefficient (Wildman–Crippen LogP) is 2.14. The lowest BCUT2D eigenvalue weighted by molar-refractivity contribution is -0.170. The third kappa shape index (κ3) is 1.72. The minimum absolute atomic E-state index is 0.101. The van der Waals surface area contributed by atoms with E-state index in [4.69, 9.17) is 15.0 Å². The molecule has 0 radical (unpaired) electrons. The summed E-state index contributed by atoms with van der Waals surface area (Å²) in [7, 11) is 0. The van der Waals surface area contributed by atoms with Crippen LogP contribution in [0.2, 0.25) is 0 Å². The van der Waals surface area contributed by atoms with E-state index in [-0.39, 0.29) is 11.6 Å². The average Bonchev–Trinajstić information content (AvgIpc) is 2.71. The maximum absolute atomic E-state index is 6.20. The summed E-state index contributed by atoms with van der Waals surface area (Å²) in [4.78, 5) is 4.00. The zero-order valence-corrected chi connectivity index (χ0v) is 10.5. The highest BCUT2D eigenvalue weighted by molar-refractivity contribution is 5.07. The van der Waals surface area contributed by atoms with Gasteiger partial charge in [0, 0.05) is 0 Å². The van der Waals surface area contributed by atoms with Crippen molar-refractivity contribution >= 4 is 6.01 Å². The number of ether oxygens (including phenoxy) is 1. The quantitative estimate of drug-likeness (QED) is 0.888. The van der Waals surface area contributed by atoms with Gasteiger partial charge in [0.05, 0.1) is 5.60 Å². The molecule has 5 nitrogen and oxygen atoms in total. The van der Waals surface area contributed by atoms with E-state index >= 15 is 0 Å². The number of nitrogen functional groups attached to an aromatic ring is 1. The molecule has 0 unspecified atom stereocenters. The molecular formula is C13H19N3O2. The van der Waals surface area contributed by atoms with Crippen LogP contribution in [0.25, 0.3) is 0 Å². The Balaban J connectivity index is 1.47. The summed E-state index contributed by atoms with van der Waals surface area (Å²) in [5, 5.41) is 3.80. The van der Waals surface area contributed by atoms with E-state index in [1.54, 1.807) is 0 Å². The SMILES string of the molecule is Nc1nc(COC23CC4CC(CC(C4)C2)C3)no1. The Kier molecular flexibility index (Phi) is 2.22. The Hall–Kier alpha value is -1.10. The van der Waals surface area contributed by atoms with E-state index in [0.717, 1.165) is 17.8 Å². The summed E-state index contributed by atoms with van der Waals surface area (Å²) in [5.41, 5.74) is 5.52. The van der Waals surface area contributed by atoms with Gasteiger partial charge in [0.15, 0.2) is 5.82 Å². The van der Waals surface area contributed by atoms with Crippen molar-refractivity contribution < 1.29 is 9.26 Å². The van der Waals surface area contributed by atoms with Crippen molar-refractivity contribution in [3.8, 4) is 0 Å². The molecule has 4 fully saturated rings. The second-order valence-electron chi connectivity index (χ2n) is 6.44. The summed E-state index contributed by atoms with van der Waals surface area (Å²) in [5.74, 6) is 3.26. The van der Waals surface area contributed by atoms with E-state index in [9.17, 15) is 0 Å². The molecule has 0 atom stereocenters. The lowest BCUT2D eigenvalue weighted by Gasteiger charge is -2.56. The molecule has 1 aromatic heterocycles. The number of hydrogen-bond donors (Lipinski definition) is 1. The van der Waals surface area contributed by atoms with Crippen LogP contribution in [0.4, 0.5) is 6.01 Å². The van der Waals surface area contributed by atoms with Crippen LogP contribution < -0.4 is 5.73 Å². The molecule has 0 spiro atoms. The van der Waals surface area contributed by atoms with Gasteiger partial charge >= 0.3 is 6.01 Å². The molecule has 1 heterocycles. The Morgan fingerprint density at radius 3 is 2.28 bits per heavy atom. The van der Waals surface area contributed by atoms with Crippen molar-refractivity contribution in [2.75, 3.05) is 5.73 Å². The fraction of sp³-hybridized carbons (Fsp3) is 0.846. The first-order chi connectivity index (χ1) is 8.71. The number of nitrogens with two attached hydrogens (primary N) is 1. The molecule has 5 heteroatoms. The summed E-state index contributed by atoms with van der Waals surface area (Å²) in [6.07, 6.45) is 7.97. The molecule has 0 aliphatic heterocycles. The molecule has 18 heavy (non-hydrogen) atoms. The van der Waals surface area contributed by atoms with Crippen molar-refractivity contribution in [2.24, 2.45) is 17.8 Å². The Morgan fingerprint density at radius 1 is 1.17 bits per heavy atom. The number of aromatic nitrogens is 2. The fourth-order valence-electron chi connectivity index (χ4n) is 4.75. The molecule has 98 valence electrons. The first-order valence-corrected chi connectivity index (χ1v) is 6.93. The fourth-order valence-corrected chi connectivity index (χ4v) is 4.75. The molecule has 0 amide bonds. The number of anilines is 1. The van der Waals surface area contributed by atoms with Crippen molar-refractivity contribution in [1.82, 2.24) is 10.1 Å². The summed E-state index contributed by atoms with van der Waals surface area (Å²) in [6, 6.07) is 0.124. The second kappa shape index (κ2) is 3.70. The van der Waals surface area contributed by atoms with E-state index in [1.165, 1.54) is 38.5 Å². The molecule has 1 aromatic rings. The van der Waals surface area contributed by atoms with Crippen LogP contribution in [-0.4, -0.2) is 15.7 Å². The van der Waals surface area contributed by atoms with E-state index in [1.807, 2.05) is 0 Å². The molecule has 4 bridgehead atoms. The van der Waals surface area contributed by atoms with Crippen molar-refractivity contribution in [1.29, 1.82) is 0 Å². The highest BCUT2D eigenvalue weighted by Gasteiger charge is 2.51. The highest BCUT2D eigenvalue weighted by Crippen LogP contribution is 2.57. The number of rotatable bonds is 3. The molecule has 0 aromatic carbocycles. The van der Waals surface area contributed by atoms with E-state index in [2.05, 4.69) is 10.1 Å². The molecule has 4 aliphatic carbocycles. The summed E-state index contributed by atoms with van der Waals surface area (Å²) >= 11 is 0. The van der Waals surface area contributed by atoms with Crippen LogP contribution in [0.15, 0.2) is 4.52 Å². The second-order valence-corrected chi connectivity index (χ2v) is 6.44. The van der Waals surface area contributed by atoms with Gasteiger partial charge in [0.25, 0.3) is 0 Å². The minimum atomic E-state index is 0.101. The average molecular weight is 249 g/mol. The lowest BCUT2D eigenvalue weighted by Crippen LogP contribution is -2.51. The molecule has 2 N–H and O–H groups in total. The molecular weight excluding hydrogens is 230 g/mol. The Morgan fingerprint density at radius 2 is 1.78 bits per heavy atom. The third-order valence-corrected chi connectivity index (χ3v) is 4.97. The maximum atomic E-state index is 6.20. The van der Waals surface area contributed by atoms with Crippen LogP contribution in [0.1, 0.15) is 44.3 Å². The van der Waals surface area contributed by atoms with Crippen molar-refractivity contribution in [3.63, 3.8) is 0 Å². The summed E-state index contributed by atoms with van der Waals surface area (Å²) in [6.45, 7) is 0.437. The van der Waals surface area contributed by atoms with Gasteiger partial charge in [-0.15, -0.1) is 0 Å². The van der Waals surface area contributed by atoms with E-state index in [0.29, 0.717) is 12.4 Å². The van der Waals surface area contributed by atoms with Crippen LogP contribution in [-0.2, 0) is 11.3 Å². The van der Waals surface area contributed by atoms with Gasteiger partial charge in [-0.05, 0) is 56.3 Å². The lowest BCUT2D eigenvalue weighted by atomic mass is 9.54. The number of hydrogen-bond acceptors (Lipinski definition) is 5. The van der Waals surface area contributed by atoms with Crippen molar-refractivity contribution in [2.45, 2.75) is 50.7 Å². The molecule has 4 saturated carbocycles. The standard InChI is InChI=1S/C13H19N3O2/c14-12-15-11(16-18-12)7-17-13-4-8-1-9(5-13)3-10(2-8)6-13/h8-10H,1-7H2,(H2,14,15,16). The van der Waals surface area contributed by atoms with Gasteiger partial charge in [-0.25, -0.2) is 0 Å². The minimum Gasteiger partial charge on any atom is -0.367 e. The zero-order chi connectivity index (χ0) is 12.2. The van der Waals surface area contributed by atoms with Crippen LogP contribution in [0.3, 0.4) is 0 Å². The van der Waals surface area contributed by atoms with Gasteiger partial charge in [-0.3, -0.25) is 0 Å². The van der Waals surface area contributed by atoms with Gasteiger partial charge in [-0.2, -0.15) is 4.98 Å². The molecule has 0 saturated heterocycles. The van der Waals surface area contributed by atoms with Crippen LogP contribution in [0.5, 0.6) is 0 Å². The topological polar surface area (TPSA) is 74.2 Å². The Labute approximate surface area is 106 Å². The molecule has 5 rings (SSSR count). The van der Waals surface area contributed by atoms with Gasteiger partial charge in [0.1, 0.15) is 6.61 Å². The van der Waals surface area contributed by atoms with Gasteiger partial charge in [-0.1, -0.05) is 5.16 Å². The van der Waals surface area contributed by atoms with Gasteiger partial charge in [0.2, 0.25) is 0 Å². The molecule has 4 aliphatic rings. The first-order valence-electron chi connectivity index (χ1n) is 6.93. The van der Waals surface area contributed by atoms with Crippen LogP contribution in [0, 0.1) is 17.8 Å². The first kappa shape index (κ1) is 10.8. The third-order valence-electron chi connectivity index (χ3n) is 4.97. The maximum Gasteiger partial charge on any atom is 0.318 e. The monoisotopic (exact) mass is 249 g/mol. The smallest absolute Gasteiger partial charge is 0.318 e.